The van der Waals surface area contributed by atoms with E-state index in [1.54, 1.807) is 37.3 Å². The van der Waals surface area contributed by atoms with Crippen molar-refractivity contribution in [3.05, 3.63) is 59.2 Å². The molecule has 0 atom stereocenters. The van der Waals surface area contributed by atoms with Crippen molar-refractivity contribution in [3.8, 4) is 11.5 Å². The minimum atomic E-state index is -0.479. The lowest BCUT2D eigenvalue weighted by molar-refractivity contribution is -0.145. The Labute approximate surface area is 180 Å². The maximum Gasteiger partial charge on any atom is 0.344 e. The highest BCUT2D eigenvalue weighted by Crippen LogP contribution is 2.27. The van der Waals surface area contributed by atoms with Gasteiger partial charge in [0, 0.05) is 5.56 Å². The first-order valence-corrected chi connectivity index (χ1v) is 9.56. The van der Waals surface area contributed by atoms with Crippen LogP contribution in [0.25, 0.3) is 0 Å². The van der Waals surface area contributed by atoms with Crippen molar-refractivity contribution in [2.45, 2.75) is 13.8 Å². The minimum absolute atomic E-state index is 0.214. The van der Waals surface area contributed by atoms with Gasteiger partial charge >= 0.3 is 5.97 Å². The molecule has 2 aromatic carbocycles. The molecule has 0 bridgehead atoms. The molecule has 0 aliphatic carbocycles. The number of rotatable bonds is 10. The Bertz CT molecular complexity index is 941. The molecule has 2 rings (SSSR count). The van der Waals surface area contributed by atoms with Gasteiger partial charge in [-0.1, -0.05) is 17.7 Å². The van der Waals surface area contributed by atoms with E-state index in [9.17, 15) is 14.4 Å². The zero-order valence-corrected chi connectivity index (χ0v) is 17.6. The summed E-state index contributed by atoms with van der Waals surface area (Å²) in [5.41, 5.74) is 4.48. The highest BCUT2D eigenvalue weighted by molar-refractivity contribution is 5.96. The van der Waals surface area contributed by atoms with Crippen LogP contribution in [-0.2, 0) is 14.3 Å². The Hall–Kier alpha value is -3.88. The normalized spacial score (nSPS) is 10.4. The van der Waals surface area contributed by atoms with Crippen molar-refractivity contribution in [1.82, 2.24) is 10.7 Å². The van der Waals surface area contributed by atoms with Crippen molar-refractivity contribution < 1.29 is 28.6 Å². The summed E-state index contributed by atoms with van der Waals surface area (Å²) in [4.78, 5) is 35.3. The van der Waals surface area contributed by atoms with Gasteiger partial charge in [0.15, 0.2) is 18.1 Å². The van der Waals surface area contributed by atoms with E-state index in [-0.39, 0.29) is 25.7 Å². The standard InChI is InChI=1S/C22H25N3O6/c1-4-30-21(27)14-31-18-10-7-16(11-19(18)29-3)12-24-25-20(26)13-23-22(28)17-8-5-15(2)6-9-17/h5-12H,4,13-14H2,1-3H3,(H,23,28)(H,25,26)/b24-12+. The Kier molecular flexibility index (Phi) is 9.03. The molecule has 0 radical (unpaired) electrons. The average Bonchev–Trinajstić information content (AvgIpc) is 2.77. The lowest BCUT2D eigenvalue weighted by Gasteiger charge is -2.10. The molecule has 0 spiro atoms. The molecule has 2 amide bonds. The summed E-state index contributed by atoms with van der Waals surface area (Å²) in [5, 5.41) is 6.39. The predicted octanol–water partition coefficient (Wildman–Crippen LogP) is 1.83. The number of hydrogen-bond acceptors (Lipinski definition) is 7. The molecule has 164 valence electrons. The highest BCUT2D eigenvalue weighted by atomic mass is 16.6. The van der Waals surface area contributed by atoms with E-state index in [0.717, 1.165) is 5.56 Å². The molecule has 0 fully saturated rings. The van der Waals surface area contributed by atoms with Gasteiger partial charge in [-0.25, -0.2) is 10.2 Å². The van der Waals surface area contributed by atoms with Gasteiger partial charge in [-0.3, -0.25) is 9.59 Å². The molecule has 0 aromatic heterocycles. The van der Waals surface area contributed by atoms with E-state index >= 15 is 0 Å². The molecule has 0 unspecified atom stereocenters. The number of benzene rings is 2. The van der Waals surface area contributed by atoms with Crippen molar-refractivity contribution in [2.24, 2.45) is 5.10 Å². The topological polar surface area (TPSA) is 115 Å². The monoisotopic (exact) mass is 427 g/mol. The first-order valence-electron chi connectivity index (χ1n) is 9.56. The molecule has 9 nitrogen and oxygen atoms in total. The molecule has 9 heteroatoms. The van der Waals surface area contributed by atoms with Crippen LogP contribution in [0.3, 0.4) is 0 Å². The van der Waals surface area contributed by atoms with E-state index in [4.69, 9.17) is 14.2 Å². The van der Waals surface area contributed by atoms with Crippen molar-refractivity contribution in [2.75, 3.05) is 26.9 Å². The first-order chi connectivity index (χ1) is 14.9. The van der Waals surface area contributed by atoms with Crippen LogP contribution in [0.5, 0.6) is 11.5 Å². The zero-order valence-electron chi connectivity index (χ0n) is 17.6. The average molecular weight is 427 g/mol. The van der Waals surface area contributed by atoms with Crippen molar-refractivity contribution >= 4 is 24.0 Å². The largest absolute Gasteiger partial charge is 0.493 e. The third kappa shape index (κ3) is 7.81. The lowest BCUT2D eigenvalue weighted by atomic mass is 10.1. The molecule has 0 saturated heterocycles. The Morgan fingerprint density at radius 3 is 2.48 bits per heavy atom. The number of aryl methyl sites for hydroxylation is 1. The van der Waals surface area contributed by atoms with E-state index in [0.29, 0.717) is 22.6 Å². The number of nitrogens with zero attached hydrogens (tertiary/aromatic N) is 1. The molecule has 2 N–H and O–H groups in total. The number of hydrogen-bond donors (Lipinski definition) is 2. The zero-order chi connectivity index (χ0) is 22.6. The van der Waals surface area contributed by atoms with Crippen LogP contribution in [0, 0.1) is 6.92 Å². The number of nitrogens with one attached hydrogen (secondary N) is 2. The Morgan fingerprint density at radius 1 is 1.06 bits per heavy atom. The fraction of sp³-hybridized carbons (Fsp3) is 0.273. The quantitative estimate of drug-likeness (QED) is 0.340. The van der Waals surface area contributed by atoms with Crippen molar-refractivity contribution in [1.29, 1.82) is 0 Å². The van der Waals surface area contributed by atoms with Crippen LogP contribution in [0.1, 0.15) is 28.4 Å². The SMILES string of the molecule is CCOC(=O)COc1ccc(/C=N/NC(=O)CNC(=O)c2ccc(C)cc2)cc1OC. The van der Waals surface area contributed by atoms with Gasteiger partial charge in [0.25, 0.3) is 11.8 Å². The molecule has 2 aromatic rings. The summed E-state index contributed by atoms with van der Waals surface area (Å²) in [6.07, 6.45) is 1.41. The third-order valence-electron chi connectivity index (χ3n) is 3.96. The second kappa shape index (κ2) is 12.0. The fourth-order valence-electron chi connectivity index (χ4n) is 2.41. The molecule has 0 aliphatic heterocycles. The summed E-state index contributed by atoms with van der Waals surface area (Å²) in [6, 6.07) is 11.9. The Balaban J connectivity index is 1.84. The Morgan fingerprint density at radius 2 is 1.81 bits per heavy atom. The smallest absolute Gasteiger partial charge is 0.344 e. The number of hydrazone groups is 1. The summed E-state index contributed by atoms with van der Waals surface area (Å²) in [5.74, 6) is -0.534. The van der Waals surface area contributed by atoms with Gasteiger partial charge in [-0.2, -0.15) is 5.10 Å². The van der Waals surface area contributed by atoms with Crippen LogP contribution in [0.2, 0.25) is 0 Å². The summed E-state index contributed by atoms with van der Waals surface area (Å²) in [7, 11) is 1.46. The van der Waals surface area contributed by atoms with Crippen LogP contribution < -0.4 is 20.2 Å². The van der Waals surface area contributed by atoms with Gasteiger partial charge in [0.2, 0.25) is 0 Å². The van der Waals surface area contributed by atoms with Gasteiger partial charge < -0.3 is 19.5 Å². The van der Waals surface area contributed by atoms with Crippen LogP contribution in [0.4, 0.5) is 0 Å². The van der Waals surface area contributed by atoms with Crippen LogP contribution in [0.15, 0.2) is 47.6 Å². The van der Waals surface area contributed by atoms with Gasteiger partial charge in [-0.05, 0) is 49.7 Å². The number of esters is 1. The molecule has 31 heavy (non-hydrogen) atoms. The highest BCUT2D eigenvalue weighted by Gasteiger charge is 2.09. The molecule has 0 saturated carbocycles. The number of ether oxygens (including phenoxy) is 3. The summed E-state index contributed by atoms with van der Waals surface area (Å²) in [6.45, 7) is 3.46. The first kappa shape index (κ1) is 23.4. The van der Waals surface area contributed by atoms with E-state index < -0.39 is 11.9 Å². The molecule has 0 aliphatic rings. The van der Waals surface area contributed by atoms with Gasteiger partial charge in [0.1, 0.15) is 0 Å². The molecular formula is C22H25N3O6. The van der Waals surface area contributed by atoms with E-state index in [1.165, 1.54) is 13.3 Å². The predicted molar refractivity (Wildman–Crippen MR) is 114 cm³/mol. The van der Waals surface area contributed by atoms with E-state index in [2.05, 4.69) is 15.8 Å². The van der Waals surface area contributed by atoms with E-state index in [1.807, 2.05) is 19.1 Å². The number of carbonyl (C=O) groups is 3. The maximum absolute atomic E-state index is 12.0. The van der Waals surface area contributed by atoms with Gasteiger partial charge in [0.05, 0.1) is 26.5 Å². The minimum Gasteiger partial charge on any atom is -0.493 e. The summed E-state index contributed by atoms with van der Waals surface area (Å²) >= 11 is 0. The van der Waals surface area contributed by atoms with Crippen molar-refractivity contribution in [3.63, 3.8) is 0 Å². The lowest BCUT2D eigenvalue weighted by Crippen LogP contribution is -2.34. The number of amides is 2. The fourth-order valence-corrected chi connectivity index (χ4v) is 2.41. The van der Waals surface area contributed by atoms with Crippen LogP contribution in [-0.4, -0.2) is 50.9 Å². The second-order valence-electron chi connectivity index (χ2n) is 6.35. The van der Waals surface area contributed by atoms with Crippen LogP contribution >= 0.6 is 0 Å². The molecule has 0 heterocycles. The summed E-state index contributed by atoms with van der Waals surface area (Å²) < 4.78 is 15.4. The molecular weight excluding hydrogens is 402 g/mol. The third-order valence-corrected chi connectivity index (χ3v) is 3.96. The number of carbonyl (C=O) groups excluding carboxylic acids is 3. The second-order valence-corrected chi connectivity index (χ2v) is 6.35. The van der Waals surface area contributed by atoms with Gasteiger partial charge in [-0.15, -0.1) is 0 Å². The maximum atomic E-state index is 12.0. The number of methoxy groups -OCH3 is 1.